The van der Waals surface area contributed by atoms with Gasteiger partial charge in [0.25, 0.3) is 11.9 Å². The molecule has 5 nitrogen and oxygen atoms in total. The van der Waals surface area contributed by atoms with Crippen LogP contribution in [0.1, 0.15) is 10.4 Å². The number of amides is 1. The highest BCUT2D eigenvalue weighted by molar-refractivity contribution is 7.15. The predicted molar refractivity (Wildman–Crippen MR) is 101 cm³/mol. The number of fused-ring (bicyclic) bond motifs is 1. The molecule has 0 aliphatic rings. The second-order valence-corrected chi connectivity index (χ2v) is 6.88. The van der Waals surface area contributed by atoms with Crippen LogP contribution in [0.25, 0.3) is 16.2 Å². The predicted octanol–water partition coefficient (Wildman–Crippen LogP) is 5.02. The van der Waals surface area contributed by atoms with Crippen molar-refractivity contribution in [1.29, 1.82) is 0 Å². The molecule has 0 radical (unpaired) electrons. The Hall–Kier alpha value is -2.41. The summed E-state index contributed by atoms with van der Waals surface area (Å²) in [4.78, 5) is 17.2. The summed E-state index contributed by atoms with van der Waals surface area (Å²) >= 11 is 13.6. The maximum atomic E-state index is 12.2. The second kappa shape index (κ2) is 6.48. The number of anilines is 1. The van der Waals surface area contributed by atoms with Gasteiger partial charge in [-0.3, -0.25) is 10.1 Å². The number of benzene rings is 2. The number of aromatic nitrogens is 3. The first-order valence-corrected chi connectivity index (χ1v) is 8.91. The molecule has 2 aromatic heterocycles. The van der Waals surface area contributed by atoms with E-state index in [0.717, 1.165) is 11.3 Å². The van der Waals surface area contributed by atoms with Gasteiger partial charge in [0.05, 0.1) is 10.7 Å². The molecule has 0 atom stereocenters. The molecule has 8 heteroatoms. The molecule has 0 unspecified atom stereocenters. The summed E-state index contributed by atoms with van der Waals surface area (Å²) in [6, 6.07) is 14.2. The Bertz CT molecular complexity index is 1070. The number of nitrogens with zero attached hydrogens (tertiary/aromatic N) is 3. The molecule has 1 N–H and O–H groups in total. The highest BCUT2D eigenvalue weighted by Crippen LogP contribution is 2.33. The standard InChI is InChI=1S/C17H10Cl2N4OS/c18-11-6-7-12(13(19)8-11)14-9-25-17-21-16(22-23(14)17)20-15(24)10-4-2-1-3-5-10/h1-9H,(H,20,22,24). The van der Waals surface area contributed by atoms with Gasteiger partial charge in [-0.25, -0.2) is 4.52 Å². The summed E-state index contributed by atoms with van der Waals surface area (Å²) in [6.07, 6.45) is 0. The third kappa shape index (κ3) is 3.11. The number of hydrogen-bond acceptors (Lipinski definition) is 4. The normalized spacial score (nSPS) is 11.0. The van der Waals surface area contributed by atoms with Crippen molar-refractivity contribution in [3.05, 3.63) is 69.5 Å². The Labute approximate surface area is 156 Å². The molecule has 4 aromatic rings. The fourth-order valence-electron chi connectivity index (χ4n) is 2.38. The number of thiazole rings is 1. The molecule has 2 aromatic carbocycles. The Morgan fingerprint density at radius 2 is 1.92 bits per heavy atom. The summed E-state index contributed by atoms with van der Waals surface area (Å²) in [7, 11) is 0. The van der Waals surface area contributed by atoms with Crippen molar-refractivity contribution in [3.63, 3.8) is 0 Å². The van der Waals surface area contributed by atoms with Crippen molar-refractivity contribution in [2.45, 2.75) is 0 Å². The van der Waals surface area contributed by atoms with Gasteiger partial charge in [-0.1, -0.05) is 41.4 Å². The average Bonchev–Trinajstić information content (AvgIpc) is 3.16. The minimum Gasteiger partial charge on any atom is -0.289 e. The zero-order valence-corrected chi connectivity index (χ0v) is 14.9. The fraction of sp³-hybridized carbons (Fsp3) is 0. The first kappa shape index (κ1) is 16.1. The lowest BCUT2D eigenvalue weighted by atomic mass is 10.2. The van der Waals surface area contributed by atoms with Crippen LogP contribution in [-0.2, 0) is 0 Å². The van der Waals surface area contributed by atoms with Crippen LogP contribution < -0.4 is 5.32 Å². The van der Waals surface area contributed by atoms with Crippen LogP contribution in [0.5, 0.6) is 0 Å². The second-order valence-electron chi connectivity index (χ2n) is 5.20. The van der Waals surface area contributed by atoms with Gasteiger partial charge in [0.2, 0.25) is 4.96 Å². The molecular weight excluding hydrogens is 379 g/mol. The van der Waals surface area contributed by atoms with Crippen LogP contribution in [0.15, 0.2) is 53.9 Å². The smallest absolute Gasteiger partial charge is 0.258 e. The third-order valence-corrected chi connectivity index (χ3v) is 4.91. The largest absolute Gasteiger partial charge is 0.289 e. The Morgan fingerprint density at radius 1 is 1.12 bits per heavy atom. The van der Waals surface area contributed by atoms with Crippen LogP contribution >= 0.6 is 34.5 Å². The van der Waals surface area contributed by atoms with E-state index < -0.39 is 0 Å². The number of carbonyl (C=O) groups is 1. The van der Waals surface area contributed by atoms with Crippen molar-refractivity contribution < 1.29 is 4.79 Å². The van der Waals surface area contributed by atoms with Gasteiger partial charge < -0.3 is 0 Å². The lowest BCUT2D eigenvalue weighted by Gasteiger charge is -2.03. The fourth-order valence-corrected chi connectivity index (χ4v) is 3.71. The minimum atomic E-state index is -0.259. The lowest BCUT2D eigenvalue weighted by molar-refractivity contribution is 0.102. The molecule has 124 valence electrons. The van der Waals surface area contributed by atoms with E-state index in [4.69, 9.17) is 23.2 Å². The molecular formula is C17H10Cl2N4OS. The first-order valence-electron chi connectivity index (χ1n) is 7.28. The lowest BCUT2D eigenvalue weighted by Crippen LogP contribution is -2.12. The highest BCUT2D eigenvalue weighted by atomic mass is 35.5. The van der Waals surface area contributed by atoms with Gasteiger partial charge in [0.1, 0.15) is 0 Å². The molecule has 0 saturated heterocycles. The van der Waals surface area contributed by atoms with Crippen LogP contribution in [0.3, 0.4) is 0 Å². The SMILES string of the molecule is O=C(Nc1nc2scc(-c3ccc(Cl)cc3Cl)n2n1)c1ccccc1. The van der Waals surface area contributed by atoms with E-state index in [1.807, 2.05) is 17.5 Å². The van der Waals surface area contributed by atoms with Crippen LogP contribution in [0.4, 0.5) is 5.95 Å². The summed E-state index contributed by atoms with van der Waals surface area (Å²) in [5, 5.41) is 10.1. The van der Waals surface area contributed by atoms with Gasteiger partial charge >= 0.3 is 0 Å². The van der Waals surface area contributed by atoms with Crippen LogP contribution in [-0.4, -0.2) is 20.5 Å². The Balaban J connectivity index is 1.68. The number of halogens is 2. The van der Waals surface area contributed by atoms with E-state index in [-0.39, 0.29) is 11.9 Å². The van der Waals surface area contributed by atoms with Crippen LogP contribution in [0, 0.1) is 0 Å². The molecule has 0 bridgehead atoms. The molecule has 1 amide bonds. The van der Waals surface area contributed by atoms with E-state index in [1.165, 1.54) is 11.3 Å². The van der Waals surface area contributed by atoms with Gasteiger partial charge in [0.15, 0.2) is 0 Å². The quantitative estimate of drug-likeness (QED) is 0.536. The number of carbonyl (C=O) groups excluding carboxylic acids is 1. The van der Waals surface area contributed by atoms with Crippen molar-refractivity contribution in [2.24, 2.45) is 0 Å². The topological polar surface area (TPSA) is 59.3 Å². The molecule has 4 rings (SSSR count). The molecule has 0 spiro atoms. The van der Waals surface area contributed by atoms with E-state index in [2.05, 4.69) is 15.4 Å². The monoisotopic (exact) mass is 388 g/mol. The number of hydrogen-bond donors (Lipinski definition) is 1. The van der Waals surface area contributed by atoms with Crippen molar-refractivity contribution in [2.75, 3.05) is 5.32 Å². The van der Waals surface area contributed by atoms with E-state index in [0.29, 0.717) is 20.6 Å². The van der Waals surface area contributed by atoms with E-state index in [1.54, 1.807) is 40.9 Å². The Morgan fingerprint density at radius 3 is 2.68 bits per heavy atom. The molecule has 0 fully saturated rings. The van der Waals surface area contributed by atoms with Gasteiger partial charge in [-0.2, -0.15) is 4.98 Å². The van der Waals surface area contributed by atoms with Crippen molar-refractivity contribution in [3.8, 4) is 11.3 Å². The van der Waals surface area contributed by atoms with E-state index in [9.17, 15) is 4.79 Å². The maximum absolute atomic E-state index is 12.2. The van der Waals surface area contributed by atoms with Gasteiger partial charge in [-0.15, -0.1) is 16.4 Å². The zero-order valence-electron chi connectivity index (χ0n) is 12.6. The summed E-state index contributed by atoms with van der Waals surface area (Å²) in [6.45, 7) is 0. The zero-order chi connectivity index (χ0) is 17.4. The molecule has 25 heavy (non-hydrogen) atoms. The van der Waals surface area contributed by atoms with Crippen LogP contribution in [0.2, 0.25) is 10.0 Å². The molecule has 2 heterocycles. The minimum absolute atomic E-state index is 0.243. The summed E-state index contributed by atoms with van der Waals surface area (Å²) in [5.41, 5.74) is 2.12. The average molecular weight is 389 g/mol. The van der Waals surface area contributed by atoms with Crippen molar-refractivity contribution in [1.82, 2.24) is 14.6 Å². The Kier molecular flexibility index (Phi) is 4.17. The van der Waals surface area contributed by atoms with Gasteiger partial charge in [-0.05, 0) is 30.3 Å². The molecule has 0 aliphatic heterocycles. The third-order valence-electron chi connectivity index (χ3n) is 3.55. The number of rotatable bonds is 3. The number of nitrogens with one attached hydrogen (secondary N) is 1. The first-order chi connectivity index (χ1) is 12.1. The molecule has 0 aliphatic carbocycles. The highest BCUT2D eigenvalue weighted by Gasteiger charge is 2.15. The van der Waals surface area contributed by atoms with E-state index >= 15 is 0 Å². The molecule has 0 saturated carbocycles. The van der Waals surface area contributed by atoms with Crippen molar-refractivity contribution >= 4 is 51.4 Å². The van der Waals surface area contributed by atoms with Gasteiger partial charge in [0, 0.05) is 21.5 Å². The summed E-state index contributed by atoms with van der Waals surface area (Å²) < 4.78 is 1.65. The maximum Gasteiger partial charge on any atom is 0.258 e. The summed E-state index contributed by atoms with van der Waals surface area (Å²) in [5.74, 6) is -0.0167.